The van der Waals surface area contributed by atoms with Crippen LogP contribution in [0.25, 0.3) is 5.69 Å². The fourth-order valence-electron chi connectivity index (χ4n) is 2.51. The predicted octanol–water partition coefficient (Wildman–Crippen LogP) is 3.31. The molecule has 0 bridgehead atoms. The molecule has 0 saturated carbocycles. The number of carbonyl (C=O) groups is 1. The molecule has 1 aliphatic rings. The summed E-state index contributed by atoms with van der Waals surface area (Å²) in [5.41, 5.74) is 0.882. The van der Waals surface area contributed by atoms with Gasteiger partial charge in [0.25, 0.3) is 0 Å². The van der Waals surface area contributed by atoms with E-state index >= 15 is 0 Å². The summed E-state index contributed by atoms with van der Waals surface area (Å²) < 4.78 is 15.6. The molecule has 1 aliphatic carbocycles. The summed E-state index contributed by atoms with van der Waals surface area (Å²) in [5, 5.41) is 2.74. The minimum atomic E-state index is -0.397. The van der Waals surface area contributed by atoms with E-state index in [4.69, 9.17) is 0 Å². The number of hydrogen-bond acceptors (Lipinski definition) is 2. The molecule has 1 aromatic carbocycles. The number of rotatable bonds is 4. The van der Waals surface area contributed by atoms with Gasteiger partial charge in [0.05, 0.1) is 12.0 Å². The average Bonchev–Trinajstić information content (AvgIpc) is 3.11. The van der Waals surface area contributed by atoms with Crippen LogP contribution in [0.5, 0.6) is 0 Å². The van der Waals surface area contributed by atoms with Gasteiger partial charge in [-0.3, -0.25) is 4.79 Å². The molecule has 2 aromatic rings. The molecular formula is C16H16FN3O. The van der Waals surface area contributed by atoms with Crippen LogP contribution in [0.3, 0.4) is 0 Å². The van der Waals surface area contributed by atoms with Crippen LogP contribution in [-0.4, -0.2) is 15.5 Å². The van der Waals surface area contributed by atoms with Crippen LogP contribution < -0.4 is 5.32 Å². The number of benzene rings is 1. The first-order valence-electron chi connectivity index (χ1n) is 6.97. The third kappa shape index (κ3) is 3.18. The standard InChI is InChI=1S/C16H16FN3O/c17-14-10-13(5-6-15(14)20-8-7-18-11-20)19-16(21)9-12-3-1-2-4-12/h1,3,5-8,10-12H,2,4,9H2,(H,19,21)/t12-/m1/s1. The Morgan fingerprint density at radius 3 is 3.05 bits per heavy atom. The number of allylic oxidation sites excluding steroid dienone is 2. The van der Waals surface area contributed by atoms with E-state index in [0.29, 0.717) is 23.7 Å². The van der Waals surface area contributed by atoms with Gasteiger partial charge in [-0.2, -0.15) is 0 Å². The summed E-state index contributed by atoms with van der Waals surface area (Å²) >= 11 is 0. The third-order valence-electron chi connectivity index (χ3n) is 3.57. The predicted molar refractivity (Wildman–Crippen MR) is 78.6 cm³/mol. The lowest BCUT2D eigenvalue weighted by Gasteiger charge is -2.10. The number of nitrogens with one attached hydrogen (secondary N) is 1. The molecule has 5 heteroatoms. The van der Waals surface area contributed by atoms with Crippen molar-refractivity contribution in [1.29, 1.82) is 0 Å². The molecule has 0 saturated heterocycles. The highest BCUT2D eigenvalue weighted by Gasteiger charge is 2.14. The summed E-state index contributed by atoms with van der Waals surface area (Å²) in [5.74, 6) is -0.173. The largest absolute Gasteiger partial charge is 0.326 e. The molecule has 1 amide bonds. The number of carbonyl (C=O) groups excluding carboxylic acids is 1. The lowest BCUT2D eigenvalue weighted by Crippen LogP contribution is -2.15. The topological polar surface area (TPSA) is 46.9 Å². The molecule has 0 radical (unpaired) electrons. The molecule has 0 spiro atoms. The van der Waals surface area contributed by atoms with Gasteiger partial charge in [0.15, 0.2) is 0 Å². The van der Waals surface area contributed by atoms with Crippen LogP contribution in [0.15, 0.2) is 49.1 Å². The maximum atomic E-state index is 14.1. The Morgan fingerprint density at radius 1 is 1.48 bits per heavy atom. The number of aromatic nitrogens is 2. The molecular weight excluding hydrogens is 269 g/mol. The number of hydrogen-bond donors (Lipinski definition) is 1. The van der Waals surface area contributed by atoms with Crippen molar-refractivity contribution in [2.24, 2.45) is 5.92 Å². The Labute approximate surface area is 122 Å². The first-order valence-corrected chi connectivity index (χ1v) is 6.97. The zero-order chi connectivity index (χ0) is 14.7. The minimum absolute atomic E-state index is 0.0821. The van der Waals surface area contributed by atoms with Gasteiger partial charge in [0, 0.05) is 24.5 Å². The highest BCUT2D eigenvalue weighted by atomic mass is 19.1. The summed E-state index contributed by atoms with van der Waals surface area (Å²) in [6.45, 7) is 0. The SMILES string of the molecule is O=C(C[C@@H]1C=CCC1)Nc1ccc(-n2ccnc2)c(F)c1. The van der Waals surface area contributed by atoms with Gasteiger partial charge >= 0.3 is 0 Å². The highest BCUT2D eigenvalue weighted by molar-refractivity contribution is 5.91. The normalized spacial score (nSPS) is 17.1. The first kappa shape index (κ1) is 13.5. The van der Waals surface area contributed by atoms with Crippen molar-refractivity contribution in [1.82, 2.24) is 9.55 Å². The maximum absolute atomic E-state index is 14.1. The average molecular weight is 285 g/mol. The molecule has 1 aromatic heterocycles. The molecule has 108 valence electrons. The van der Waals surface area contributed by atoms with E-state index in [2.05, 4.69) is 22.5 Å². The van der Waals surface area contributed by atoms with Crippen LogP contribution in [0.2, 0.25) is 0 Å². The summed E-state index contributed by atoms with van der Waals surface area (Å²) in [4.78, 5) is 15.8. The van der Waals surface area contributed by atoms with Crippen LogP contribution in [0.4, 0.5) is 10.1 Å². The molecule has 1 heterocycles. The van der Waals surface area contributed by atoms with Gasteiger partial charge in [0.2, 0.25) is 5.91 Å². The lowest BCUT2D eigenvalue weighted by molar-refractivity contribution is -0.116. The molecule has 1 atom stereocenters. The van der Waals surface area contributed by atoms with Crippen molar-refractivity contribution in [2.75, 3.05) is 5.32 Å². The van der Waals surface area contributed by atoms with Gasteiger partial charge in [-0.15, -0.1) is 0 Å². The molecule has 1 N–H and O–H groups in total. The van der Waals surface area contributed by atoms with Crippen LogP contribution in [0.1, 0.15) is 19.3 Å². The van der Waals surface area contributed by atoms with Crippen molar-refractivity contribution in [2.45, 2.75) is 19.3 Å². The Balaban J connectivity index is 1.67. The summed E-state index contributed by atoms with van der Waals surface area (Å²) in [7, 11) is 0. The number of anilines is 1. The maximum Gasteiger partial charge on any atom is 0.224 e. The summed E-state index contributed by atoms with van der Waals surface area (Å²) in [6.07, 6.45) is 11.4. The third-order valence-corrected chi connectivity index (χ3v) is 3.57. The van der Waals surface area contributed by atoms with Gasteiger partial charge in [-0.05, 0) is 37.0 Å². The van der Waals surface area contributed by atoms with Crippen LogP contribution >= 0.6 is 0 Å². The van der Waals surface area contributed by atoms with Crippen molar-refractivity contribution in [3.63, 3.8) is 0 Å². The van der Waals surface area contributed by atoms with Crippen LogP contribution in [-0.2, 0) is 4.79 Å². The highest BCUT2D eigenvalue weighted by Crippen LogP contribution is 2.22. The zero-order valence-electron chi connectivity index (χ0n) is 11.5. The Hall–Kier alpha value is -2.43. The molecule has 0 unspecified atom stereocenters. The minimum Gasteiger partial charge on any atom is -0.326 e. The van der Waals surface area contributed by atoms with Gasteiger partial charge < -0.3 is 9.88 Å². The second-order valence-corrected chi connectivity index (χ2v) is 5.15. The fraction of sp³-hybridized carbons (Fsp3) is 0.250. The smallest absolute Gasteiger partial charge is 0.224 e. The number of amides is 1. The second-order valence-electron chi connectivity index (χ2n) is 5.15. The zero-order valence-corrected chi connectivity index (χ0v) is 11.5. The number of imidazole rings is 1. The number of nitrogens with zero attached hydrogens (tertiary/aromatic N) is 2. The molecule has 21 heavy (non-hydrogen) atoms. The van der Waals surface area contributed by atoms with E-state index in [1.807, 2.05) is 0 Å². The van der Waals surface area contributed by atoms with Gasteiger partial charge in [-0.1, -0.05) is 12.2 Å². The van der Waals surface area contributed by atoms with E-state index in [9.17, 15) is 9.18 Å². The van der Waals surface area contributed by atoms with Gasteiger partial charge in [0.1, 0.15) is 5.82 Å². The molecule has 0 aliphatic heterocycles. The van der Waals surface area contributed by atoms with E-state index < -0.39 is 5.82 Å². The Kier molecular flexibility index (Phi) is 3.81. The van der Waals surface area contributed by atoms with Crippen molar-refractivity contribution >= 4 is 11.6 Å². The molecule has 0 fully saturated rings. The van der Waals surface area contributed by atoms with Crippen LogP contribution in [0, 0.1) is 11.7 Å². The first-order chi connectivity index (χ1) is 10.2. The lowest BCUT2D eigenvalue weighted by atomic mass is 10.1. The summed E-state index contributed by atoms with van der Waals surface area (Å²) in [6, 6.07) is 4.65. The number of halogens is 1. The Morgan fingerprint density at radius 2 is 2.38 bits per heavy atom. The molecule has 3 rings (SSSR count). The fourth-order valence-corrected chi connectivity index (χ4v) is 2.51. The van der Waals surface area contributed by atoms with Crippen molar-refractivity contribution in [3.8, 4) is 5.69 Å². The second kappa shape index (κ2) is 5.91. The quantitative estimate of drug-likeness (QED) is 0.876. The van der Waals surface area contributed by atoms with Gasteiger partial charge in [-0.25, -0.2) is 9.37 Å². The Bertz CT molecular complexity index is 664. The van der Waals surface area contributed by atoms with Crippen molar-refractivity contribution < 1.29 is 9.18 Å². The van der Waals surface area contributed by atoms with E-state index in [1.54, 1.807) is 29.1 Å². The van der Waals surface area contributed by atoms with E-state index in [0.717, 1.165) is 12.8 Å². The molecule has 4 nitrogen and oxygen atoms in total. The van der Waals surface area contributed by atoms with E-state index in [1.165, 1.54) is 12.4 Å². The monoisotopic (exact) mass is 285 g/mol. The van der Waals surface area contributed by atoms with E-state index in [-0.39, 0.29) is 5.91 Å². The van der Waals surface area contributed by atoms with Crippen molar-refractivity contribution in [3.05, 3.63) is 54.9 Å².